The molecule has 2 aromatic rings. The van der Waals surface area contributed by atoms with Crippen LogP contribution in [0.5, 0.6) is 0 Å². The molecule has 2 heterocycles. The fourth-order valence-corrected chi connectivity index (χ4v) is 1.37. The highest BCUT2D eigenvalue weighted by Gasteiger charge is 2.08. The second-order valence-corrected chi connectivity index (χ2v) is 3.26. The van der Waals surface area contributed by atoms with Crippen LogP contribution < -0.4 is 5.56 Å². The third-order valence-electron chi connectivity index (χ3n) is 1.63. The normalized spacial score (nSPS) is 10.9. The van der Waals surface area contributed by atoms with Crippen molar-refractivity contribution in [2.75, 3.05) is 6.26 Å². The fraction of sp³-hybridized carbons (Fsp3) is 0.333. The first kappa shape index (κ1) is 8.24. The Morgan fingerprint density at radius 3 is 3.00 bits per heavy atom. The molecule has 0 aliphatic rings. The Morgan fingerprint density at radius 2 is 2.31 bits per heavy atom. The number of nitrogens with one attached hydrogen (secondary N) is 1. The van der Waals surface area contributed by atoms with Crippen LogP contribution in [0.3, 0.4) is 0 Å². The quantitative estimate of drug-likeness (QED) is 0.505. The van der Waals surface area contributed by atoms with Gasteiger partial charge >= 0.3 is 0 Å². The number of hydrogen-bond acceptors (Lipinski definition) is 5. The van der Waals surface area contributed by atoms with Gasteiger partial charge in [-0.05, 0) is 6.26 Å². The van der Waals surface area contributed by atoms with Gasteiger partial charge in [0.15, 0.2) is 16.3 Å². The van der Waals surface area contributed by atoms with Gasteiger partial charge in [0.2, 0.25) is 0 Å². The summed E-state index contributed by atoms with van der Waals surface area (Å²) < 4.78 is 1.48. The molecule has 0 fully saturated rings. The average molecular weight is 197 g/mol. The lowest BCUT2D eigenvalue weighted by Crippen LogP contribution is -2.09. The van der Waals surface area contributed by atoms with Crippen LogP contribution in [-0.2, 0) is 7.05 Å². The van der Waals surface area contributed by atoms with Gasteiger partial charge in [-0.15, -0.1) is 5.10 Å². The van der Waals surface area contributed by atoms with E-state index in [1.165, 1.54) is 16.4 Å². The van der Waals surface area contributed by atoms with Gasteiger partial charge < -0.3 is 0 Å². The van der Waals surface area contributed by atoms with E-state index in [0.29, 0.717) is 10.8 Å². The number of hydrogen-bond donors (Lipinski definition) is 1. The topological polar surface area (TPSA) is 76.5 Å². The molecule has 2 rings (SSSR count). The minimum absolute atomic E-state index is 0.248. The molecule has 1 N–H and O–H groups in total. The van der Waals surface area contributed by atoms with Gasteiger partial charge in [0.05, 0.1) is 0 Å². The molecule has 0 aliphatic heterocycles. The highest BCUT2D eigenvalue weighted by molar-refractivity contribution is 7.98. The molecule has 0 saturated heterocycles. The maximum atomic E-state index is 11.3. The first-order chi connectivity index (χ1) is 6.22. The molecule has 6 nitrogen and oxygen atoms in total. The lowest BCUT2D eigenvalue weighted by molar-refractivity contribution is 0.726. The minimum Gasteiger partial charge on any atom is -0.299 e. The number of thioether (sulfide) groups is 1. The second kappa shape index (κ2) is 2.84. The summed E-state index contributed by atoms with van der Waals surface area (Å²) in [5.41, 5.74) is 0.538. The van der Waals surface area contributed by atoms with E-state index in [-0.39, 0.29) is 11.1 Å². The molecule has 0 radical (unpaired) electrons. The summed E-state index contributed by atoms with van der Waals surface area (Å²) in [6.45, 7) is 0. The molecule has 0 saturated carbocycles. The van der Waals surface area contributed by atoms with E-state index in [2.05, 4.69) is 20.3 Å². The number of aryl methyl sites for hydroxylation is 1. The van der Waals surface area contributed by atoms with E-state index in [1.54, 1.807) is 7.05 Å². The largest absolute Gasteiger partial charge is 0.299 e. The Hall–Kier alpha value is -1.37. The van der Waals surface area contributed by atoms with Crippen molar-refractivity contribution in [3.63, 3.8) is 0 Å². The molecule has 0 unspecified atom stereocenters. The fourth-order valence-electron chi connectivity index (χ4n) is 1.00. The van der Waals surface area contributed by atoms with Crippen molar-refractivity contribution in [1.82, 2.24) is 25.0 Å². The summed E-state index contributed by atoms with van der Waals surface area (Å²) >= 11 is 1.37. The van der Waals surface area contributed by atoms with Crippen molar-refractivity contribution < 1.29 is 0 Å². The average Bonchev–Trinajstić information content (AvgIpc) is 2.48. The Morgan fingerprint density at radius 1 is 1.54 bits per heavy atom. The van der Waals surface area contributed by atoms with Crippen LogP contribution in [0.1, 0.15) is 0 Å². The zero-order valence-electron chi connectivity index (χ0n) is 7.11. The number of aromatic amines is 1. The summed E-state index contributed by atoms with van der Waals surface area (Å²) in [5, 5.41) is 7.97. The van der Waals surface area contributed by atoms with Crippen molar-refractivity contribution in [2.45, 2.75) is 5.16 Å². The van der Waals surface area contributed by atoms with E-state index < -0.39 is 0 Å². The Balaban J connectivity index is 2.88. The maximum Gasteiger partial charge on any atom is 0.281 e. The summed E-state index contributed by atoms with van der Waals surface area (Å²) in [7, 11) is 1.70. The third-order valence-corrected chi connectivity index (χ3v) is 2.21. The molecule has 68 valence electrons. The Kier molecular flexibility index (Phi) is 1.80. The molecule has 0 amide bonds. The first-order valence-corrected chi connectivity index (χ1v) is 4.78. The highest BCUT2D eigenvalue weighted by Crippen LogP contribution is 2.08. The zero-order valence-corrected chi connectivity index (χ0v) is 7.92. The molecule has 13 heavy (non-hydrogen) atoms. The number of fused-ring (bicyclic) bond motifs is 1. The molecule has 0 atom stereocenters. The Bertz CT molecular complexity index is 501. The standard InChI is InChI=1S/C6H7N5OS/c1-11-4-3(9-10-11)5(12)8-6(7-4)13-2/h1-2H3,(H,7,8,12). The number of aromatic nitrogens is 5. The van der Waals surface area contributed by atoms with Crippen LogP contribution in [0.15, 0.2) is 9.95 Å². The van der Waals surface area contributed by atoms with Gasteiger partial charge in [0.1, 0.15) is 0 Å². The SMILES string of the molecule is CSc1nc2c(nnn2C)c(=O)[nH]1. The van der Waals surface area contributed by atoms with Gasteiger partial charge in [-0.1, -0.05) is 17.0 Å². The van der Waals surface area contributed by atoms with E-state index >= 15 is 0 Å². The van der Waals surface area contributed by atoms with Crippen LogP contribution in [0.4, 0.5) is 0 Å². The van der Waals surface area contributed by atoms with Gasteiger partial charge in [-0.25, -0.2) is 9.67 Å². The summed E-state index contributed by atoms with van der Waals surface area (Å²) in [6, 6.07) is 0. The van der Waals surface area contributed by atoms with E-state index in [9.17, 15) is 4.79 Å². The van der Waals surface area contributed by atoms with Gasteiger partial charge in [0.25, 0.3) is 5.56 Å². The molecular formula is C6H7N5OS. The maximum absolute atomic E-state index is 11.3. The van der Waals surface area contributed by atoms with E-state index in [0.717, 1.165) is 0 Å². The molecular weight excluding hydrogens is 190 g/mol. The van der Waals surface area contributed by atoms with Crippen LogP contribution in [-0.4, -0.2) is 31.2 Å². The lowest BCUT2D eigenvalue weighted by Gasteiger charge is -1.94. The van der Waals surface area contributed by atoms with E-state index in [1.807, 2.05) is 6.26 Å². The zero-order chi connectivity index (χ0) is 9.42. The molecule has 0 bridgehead atoms. The first-order valence-electron chi connectivity index (χ1n) is 3.56. The van der Waals surface area contributed by atoms with Crippen LogP contribution in [0.2, 0.25) is 0 Å². The summed E-state index contributed by atoms with van der Waals surface area (Å²) in [5.74, 6) is 0. The monoisotopic (exact) mass is 197 g/mol. The molecule has 2 aromatic heterocycles. The highest BCUT2D eigenvalue weighted by atomic mass is 32.2. The second-order valence-electron chi connectivity index (χ2n) is 2.46. The van der Waals surface area contributed by atoms with Crippen LogP contribution in [0.25, 0.3) is 11.2 Å². The van der Waals surface area contributed by atoms with Crippen LogP contribution in [0, 0.1) is 0 Å². The minimum atomic E-state index is -0.248. The van der Waals surface area contributed by atoms with Crippen LogP contribution >= 0.6 is 11.8 Å². The number of rotatable bonds is 1. The number of nitrogens with zero attached hydrogens (tertiary/aromatic N) is 4. The van der Waals surface area contributed by atoms with Crippen molar-refractivity contribution in [3.8, 4) is 0 Å². The smallest absolute Gasteiger partial charge is 0.281 e. The molecule has 0 aliphatic carbocycles. The third kappa shape index (κ3) is 1.21. The van der Waals surface area contributed by atoms with Crippen molar-refractivity contribution in [3.05, 3.63) is 10.4 Å². The number of H-pyrrole nitrogens is 1. The van der Waals surface area contributed by atoms with Crippen molar-refractivity contribution in [1.29, 1.82) is 0 Å². The summed E-state index contributed by atoms with van der Waals surface area (Å²) in [4.78, 5) is 18.1. The molecule has 0 aromatic carbocycles. The van der Waals surface area contributed by atoms with Gasteiger partial charge in [-0.2, -0.15) is 0 Å². The predicted molar refractivity (Wildman–Crippen MR) is 48.7 cm³/mol. The van der Waals surface area contributed by atoms with Crippen molar-refractivity contribution >= 4 is 22.9 Å². The predicted octanol–water partition coefficient (Wildman–Crippen LogP) is -0.227. The summed E-state index contributed by atoms with van der Waals surface area (Å²) in [6.07, 6.45) is 1.84. The Labute approximate surface area is 77.4 Å². The van der Waals surface area contributed by atoms with Gasteiger partial charge in [0, 0.05) is 7.05 Å². The lowest BCUT2D eigenvalue weighted by atomic mass is 10.5. The van der Waals surface area contributed by atoms with E-state index in [4.69, 9.17) is 0 Å². The van der Waals surface area contributed by atoms with Gasteiger partial charge in [-0.3, -0.25) is 9.78 Å². The van der Waals surface area contributed by atoms with Crippen molar-refractivity contribution in [2.24, 2.45) is 7.05 Å². The molecule has 0 spiro atoms. The molecule has 7 heteroatoms.